The molecule has 0 spiro atoms. The van der Waals surface area contributed by atoms with E-state index in [1.54, 1.807) is 0 Å². The van der Waals surface area contributed by atoms with Gasteiger partial charge < -0.3 is 15.3 Å². The van der Waals surface area contributed by atoms with Crippen molar-refractivity contribution in [1.29, 1.82) is 0 Å². The summed E-state index contributed by atoms with van der Waals surface area (Å²) in [5, 5.41) is 12.8. The Balaban J connectivity index is 2.14. The fraction of sp³-hybridized carbons (Fsp3) is 0.588. The lowest BCUT2D eigenvalue weighted by atomic mass is 9.99. The van der Waals surface area contributed by atoms with Crippen LogP contribution in [0.15, 0.2) is 18.2 Å². The fourth-order valence-electron chi connectivity index (χ4n) is 2.90. The number of hydrogen-bond acceptors (Lipinski definition) is 3. The number of carbonyl (C=O) groups excluding carboxylic acids is 1. The first-order chi connectivity index (χ1) is 10.2. The quantitative estimate of drug-likeness (QED) is 0.876. The van der Waals surface area contributed by atoms with E-state index in [9.17, 15) is 9.90 Å². The Bertz CT molecular complexity index is 488. The molecule has 1 heterocycles. The van der Waals surface area contributed by atoms with Gasteiger partial charge in [-0.2, -0.15) is 0 Å². The number of carbonyl (C=O) groups is 1. The Hall–Kier alpha value is -1.55. The van der Waals surface area contributed by atoms with Crippen LogP contribution in [0.4, 0.5) is 5.69 Å². The Morgan fingerprint density at radius 2 is 2.24 bits per heavy atom. The molecule has 0 aromatic heterocycles. The summed E-state index contributed by atoms with van der Waals surface area (Å²) in [4.78, 5) is 14.5. The van der Waals surface area contributed by atoms with Crippen LogP contribution in [0.2, 0.25) is 0 Å². The summed E-state index contributed by atoms with van der Waals surface area (Å²) in [6.07, 6.45) is 4.09. The summed E-state index contributed by atoms with van der Waals surface area (Å²) in [6, 6.07) is 5.87. The standard InChI is InChI=1S/C17H26N2O2/c1-3-9-18-14-7-8-16(13(2)11-14)17(21)19-10-5-4-6-15(19)12-20/h7-8,11,15,18,20H,3-6,9-10,12H2,1-2H3. The van der Waals surface area contributed by atoms with E-state index in [0.717, 1.165) is 55.6 Å². The van der Waals surface area contributed by atoms with Crippen molar-refractivity contribution in [3.63, 3.8) is 0 Å². The van der Waals surface area contributed by atoms with Crippen LogP contribution in [0.5, 0.6) is 0 Å². The normalized spacial score (nSPS) is 18.6. The molecular weight excluding hydrogens is 264 g/mol. The van der Waals surface area contributed by atoms with Gasteiger partial charge in [-0.25, -0.2) is 0 Å². The molecule has 0 radical (unpaired) electrons. The molecule has 1 saturated heterocycles. The minimum Gasteiger partial charge on any atom is -0.394 e. The molecule has 1 amide bonds. The van der Waals surface area contributed by atoms with Crippen molar-refractivity contribution in [2.45, 2.75) is 45.6 Å². The molecule has 1 atom stereocenters. The molecule has 0 bridgehead atoms. The van der Waals surface area contributed by atoms with Crippen LogP contribution in [-0.2, 0) is 0 Å². The molecule has 1 aliphatic heterocycles. The van der Waals surface area contributed by atoms with Crippen molar-refractivity contribution in [2.24, 2.45) is 0 Å². The van der Waals surface area contributed by atoms with Gasteiger partial charge >= 0.3 is 0 Å². The van der Waals surface area contributed by atoms with Crippen LogP contribution in [-0.4, -0.2) is 41.7 Å². The van der Waals surface area contributed by atoms with Gasteiger partial charge in [0.05, 0.1) is 12.6 Å². The lowest BCUT2D eigenvalue weighted by molar-refractivity contribution is 0.0502. The summed E-state index contributed by atoms with van der Waals surface area (Å²) in [6.45, 7) is 5.84. The minimum atomic E-state index is -0.0245. The van der Waals surface area contributed by atoms with E-state index in [1.165, 1.54) is 0 Å². The van der Waals surface area contributed by atoms with Gasteiger partial charge in [0.1, 0.15) is 0 Å². The zero-order valence-corrected chi connectivity index (χ0v) is 13.1. The number of aliphatic hydroxyl groups excluding tert-OH is 1. The Kier molecular flexibility index (Phi) is 5.62. The average Bonchev–Trinajstić information content (AvgIpc) is 2.52. The first-order valence-corrected chi connectivity index (χ1v) is 7.93. The number of nitrogens with one attached hydrogen (secondary N) is 1. The lowest BCUT2D eigenvalue weighted by Gasteiger charge is -2.35. The summed E-state index contributed by atoms with van der Waals surface area (Å²) in [5.74, 6) is 0.0493. The number of amides is 1. The van der Waals surface area contributed by atoms with E-state index in [-0.39, 0.29) is 18.6 Å². The van der Waals surface area contributed by atoms with Gasteiger partial charge in [-0.05, 0) is 56.4 Å². The summed E-state index contributed by atoms with van der Waals surface area (Å²) < 4.78 is 0. The second-order valence-corrected chi connectivity index (χ2v) is 5.79. The highest BCUT2D eigenvalue weighted by atomic mass is 16.3. The summed E-state index contributed by atoms with van der Waals surface area (Å²) >= 11 is 0. The number of aryl methyl sites for hydroxylation is 1. The monoisotopic (exact) mass is 290 g/mol. The molecule has 2 rings (SSSR count). The van der Waals surface area contributed by atoms with Crippen LogP contribution in [0.3, 0.4) is 0 Å². The predicted octanol–water partition coefficient (Wildman–Crippen LogP) is 2.80. The fourth-order valence-corrected chi connectivity index (χ4v) is 2.90. The zero-order valence-electron chi connectivity index (χ0n) is 13.1. The van der Waals surface area contributed by atoms with E-state index in [4.69, 9.17) is 0 Å². The van der Waals surface area contributed by atoms with E-state index >= 15 is 0 Å². The Labute approximate surface area is 127 Å². The molecule has 1 aromatic rings. The summed E-state index contributed by atoms with van der Waals surface area (Å²) in [5.41, 5.74) is 2.80. The number of likely N-dealkylation sites (tertiary alicyclic amines) is 1. The van der Waals surface area contributed by atoms with Crippen molar-refractivity contribution in [2.75, 3.05) is 25.0 Å². The topological polar surface area (TPSA) is 52.6 Å². The highest BCUT2D eigenvalue weighted by Gasteiger charge is 2.27. The maximum Gasteiger partial charge on any atom is 0.254 e. The van der Waals surface area contributed by atoms with Gasteiger partial charge in [0.25, 0.3) is 5.91 Å². The van der Waals surface area contributed by atoms with E-state index in [1.807, 2.05) is 30.0 Å². The first kappa shape index (κ1) is 15.8. The molecule has 1 unspecified atom stereocenters. The van der Waals surface area contributed by atoms with Gasteiger partial charge in [0.2, 0.25) is 0 Å². The third-order valence-electron chi connectivity index (χ3n) is 4.13. The number of piperidine rings is 1. The van der Waals surface area contributed by atoms with Gasteiger partial charge in [-0.1, -0.05) is 6.92 Å². The van der Waals surface area contributed by atoms with Crippen molar-refractivity contribution in [3.8, 4) is 0 Å². The molecule has 0 saturated carbocycles. The largest absolute Gasteiger partial charge is 0.394 e. The molecule has 0 aliphatic carbocycles. The van der Waals surface area contributed by atoms with Crippen molar-refractivity contribution in [3.05, 3.63) is 29.3 Å². The Morgan fingerprint density at radius 3 is 2.90 bits per heavy atom. The van der Waals surface area contributed by atoms with Gasteiger partial charge in [-0.3, -0.25) is 4.79 Å². The number of anilines is 1. The smallest absolute Gasteiger partial charge is 0.254 e. The van der Waals surface area contributed by atoms with Crippen LogP contribution in [0, 0.1) is 6.92 Å². The molecule has 1 aromatic carbocycles. The molecule has 1 fully saturated rings. The highest BCUT2D eigenvalue weighted by molar-refractivity contribution is 5.96. The van der Waals surface area contributed by atoms with Gasteiger partial charge in [0.15, 0.2) is 0 Å². The molecule has 116 valence electrons. The SMILES string of the molecule is CCCNc1ccc(C(=O)N2CCCCC2CO)c(C)c1. The van der Waals surface area contributed by atoms with Crippen LogP contribution < -0.4 is 5.32 Å². The molecule has 4 heteroatoms. The Morgan fingerprint density at radius 1 is 1.43 bits per heavy atom. The highest BCUT2D eigenvalue weighted by Crippen LogP contribution is 2.22. The maximum absolute atomic E-state index is 12.7. The van der Waals surface area contributed by atoms with E-state index in [2.05, 4.69) is 12.2 Å². The maximum atomic E-state index is 12.7. The summed E-state index contributed by atoms with van der Waals surface area (Å²) in [7, 11) is 0. The van der Waals surface area contributed by atoms with E-state index < -0.39 is 0 Å². The van der Waals surface area contributed by atoms with Crippen LogP contribution in [0.25, 0.3) is 0 Å². The third-order valence-corrected chi connectivity index (χ3v) is 4.13. The van der Waals surface area contributed by atoms with Gasteiger partial charge in [-0.15, -0.1) is 0 Å². The molecule has 2 N–H and O–H groups in total. The third kappa shape index (κ3) is 3.76. The van der Waals surface area contributed by atoms with Crippen molar-refractivity contribution >= 4 is 11.6 Å². The number of nitrogens with zero attached hydrogens (tertiary/aromatic N) is 1. The second-order valence-electron chi connectivity index (χ2n) is 5.79. The van der Waals surface area contributed by atoms with Crippen LogP contribution in [0.1, 0.15) is 48.5 Å². The second kappa shape index (κ2) is 7.46. The molecule has 4 nitrogen and oxygen atoms in total. The molecule has 1 aliphatic rings. The predicted molar refractivity (Wildman–Crippen MR) is 85.7 cm³/mol. The average molecular weight is 290 g/mol. The lowest BCUT2D eigenvalue weighted by Crippen LogP contribution is -2.45. The van der Waals surface area contributed by atoms with E-state index in [0.29, 0.717) is 0 Å². The van der Waals surface area contributed by atoms with Crippen molar-refractivity contribution in [1.82, 2.24) is 4.90 Å². The van der Waals surface area contributed by atoms with Crippen LogP contribution >= 0.6 is 0 Å². The number of benzene rings is 1. The zero-order chi connectivity index (χ0) is 15.2. The first-order valence-electron chi connectivity index (χ1n) is 7.93. The number of hydrogen-bond donors (Lipinski definition) is 2. The molecular formula is C17H26N2O2. The minimum absolute atomic E-state index is 0.0245. The van der Waals surface area contributed by atoms with Crippen molar-refractivity contribution < 1.29 is 9.90 Å². The number of rotatable bonds is 5. The molecule has 21 heavy (non-hydrogen) atoms. The van der Waals surface area contributed by atoms with Gasteiger partial charge in [0, 0.05) is 24.3 Å². The number of aliphatic hydroxyl groups is 1.